The second-order valence-corrected chi connectivity index (χ2v) is 8.48. The van der Waals surface area contributed by atoms with Gasteiger partial charge in [0, 0.05) is 5.57 Å². The molecule has 0 unspecified atom stereocenters. The number of ether oxygens (including phenoxy) is 4. The Morgan fingerprint density at radius 1 is 0.971 bits per heavy atom. The molecule has 0 aliphatic carbocycles. The summed E-state index contributed by atoms with van der Waals surface area (Å²) in [5.41, 5.74) is 2.74. The van der Waals surface area contributed by atoms with Crippen LogP contribution in [0.1, 0.15) is 56.6 Å². The molecule has 2 aromatic rings. The molecule has 6 heteroatoms. The number of nitriles is 1. The number of benzene rings is 2. The summed E-state index contributed by atoms with van der Waals surface area (Å²) < 4.78 is 22.1. The van der Waals surface area contributed by atoms with Gasteiger partial charge in [-0.1, -0.05) is 38.3 Å². The van der Waals surface area contributed by atoms with Crippen LogP contribution in [0.2, 0.25) is 0 Å². The van der Waals surface area contributed by atoms with E-state index in [1.165, 1.54) is 0 Å². The minimum absolute atomic E-state index is 0.310. The van der Waals surface area contributed by atoms with Gasteiger partial charge in [0.25, 0.3) is 0 Å². The van der Waals surface area contributed by atoms with E-state index in [0.717, 1.165) is 61.2 Å². The van der Waals surface area contributed by atoms with Crippen LogP contribution < -0.4 is 14.2 Å². The molecular formula is C29H33NO5. The van der Waals surface area contributed by atoms with Gasteiger partial charge in [-0.2, -0.15) is 5.26 Å². The normalized spacial score (nSPS) is 12.5. The van der Waals surface area contributed by atoms with Crippen LogP contribution in [-0.4, -0.2) is 32.4 Å². The van der Waals surface area contributed by atoms with Crippen molar-refractivity contribution in [3.63, 3.8) is 0 Å². The van der Waals surface area contributed by atoms with Crippen LogP contribution in [0.15, 0.2) is 54.6 Å². The fraction of sp³-hybridized carbons (Fsp3) is 0.379. The molecule has 0 radical (unpaired) electrons. The smallest absolute Gasteiger partial charge is 0.333 e. The summed E-state index contributed by atoms with van der Waals surface area (Å²) in [6.07, 6.45) is 8.11. The zero-order valence-corrected chi connectivity index (χ0v) is 20.4. The predicted octanol–water partition coefficient (Wildman–Crippen LogP) is 6.36. The van der Waals surface area contributed by atoms with Crippen molar-refractivity contribution in [1.82, 2.24) is 0 Å². The molecular weight excluding hydrogens is 442 g/mol. The molecule has 0 bridgehead atoms. The van der Waals surface area contributed by atoms with E-state index in [-0.39, 0.29) is 5.97 Å². The van der Waals surface area contributed by atoms with Gasteiger partial charge in [0.05, 0.1) is 24.9 Å². The van der Waals surface area contributed by atoms with Crippen LogP contribution in [0.3, 0.4) is 0 Å². The average Bonchev–Trinajstić information content (AvgIpc) is 2.88. The van der Waals surface area contributed by atoms with E-state index in [1.54, 1.807) is 6.92 Å². The first-order valence-corrected chi connectivity index (χ1v) is 12.1. The van der Waals surface area contributed by atoms with Gasteiger partial charge in [-0.15, -0.1) is 0 Å². The number of esters is 1. The van der Waals surface area contributed by atoms with Crippen molar-refractivity contribution in [1.29, 1.82) is 5.26 Å². The van der Waals surface area contributed by atoms with Gasteiger partial charge in [-0.3, -0.25) is 0 Å². The van der Waals surface area contributed by atoms with Gasteiger partial charge in [0.1, 0.15) is 19.0 Å². The maximum absolute atomic E-state index is 11.3. The lowest BCUT2D eigenvalue weighted by atomic mass is 10.0. The summed E-state index contributed by atoms with van der Waals surface area (Å²) in [6, 6.07) is 15.6. The summed E-state index contributed by atoms with van der Waals surface area (Å²) in [6.45, 7) is 7.43. The molecule has 6 nitrogen and oxygen atoms in total. The van der Waals surface area contributed by atoms with Gasteiger partial charge in [-0.25, -0.2) is 4.79 Å². The monoisotopic (exact) mass is 475 g/mol. The second-order valence-electron chi connectivity index (χ2n) is 8.48. The van der Waals surface area contributed by atoms with Gasteiger partial charge < -0.3 is 18.9 Å². The molecule has 0 N–H and O–H groups in total. The van der Waals surface area contributed by atoms with Gasteiger partial charge in [0.2, 0.25) is 0 Å². The number of nitrogens with zero attached hydrogens (tertiary/aromatic N) is 1. The number of fused-ring (bicyclic) bond motifs is 1. The van der Waals surface area contributed by atoms with E-state index in [9.17, 15) is 10.1 Å². The van der Waals surface area contributed by atoms with Crippen molar-refractivity contribution in [2.75, 3.05) is 26.4 Å². The fourth-order valence-electron chi connectivity index (χ4n) is 3.62. The first kappa shape index (κ1) is 25.9. The van der Waals surface area contributed by atoms with Crippen LogP contribution in [0.5, 0.6) is 17.2 Å². The molecule has 0 saturated heterocycles. The molecule has 184 valence electrons. The summed E-state index contributed by atoms with van der Waals surface area (Å²) in [7, 11) is 0. The van der Waals surface area contributed by atoms with Crippen LogP contribution in [-0.2, 0) is 9.53 Å². The zero-order chi connectivity index (χ0) is 24.9. The van der Waals surface area contributed by atoms with Crippen molar-refractivity contribution < 1.29 is 23.7 Å². The third kappa shape index (κ3) is 8.53. The van der Waals surface area contributed by atoms with Crippen LogP contribution in [0.25, 0.3) is 11.6 Å². The highest BCUT2D eigenvalue weighted by atomic mass is 16.6. The SMILES string of the molecule is C=C(C)C(=O)OCCCCCCCCOc1ccc(C(C#N)=Cc2ccc3c(c2)OCCO3)cc1. The number of carbonyl (C=O) groups excluding carboxylic acids is 1. The molecule has 0 spiro atoms. The molecule has 0 amide bonds. The summed E-state index contributed by atoms with van der Waals surface area (Å²) >= 11 is 0. The van der Waals surface area contributed by atoms with E-state index in [0.29, 0.717) is 43.3 Å². The van der Waals surface area contributed by atoms with Crippen LogP contribution in [0.4, 0.5) is 0 Å². The predicted molar refractivity (Wildman–Crippen MR) is 136 cm³/mol. The Hall–Kier alpha value is -3.72. The third-order valence-corrected chi connectivity index (χ3v) is 5.55. The first-order chi connectivity index (χ1) is 17.1. The highest BCUT2D eigenvalue weighted by Gasteiger charge is 2.11. The molecule has 2 aromatic carbocycles. The first-order valence-electron chi connectivity index (χ1n) is 12.1. The number of allylic oxidation sites excluding steroid dienone is 1. The molecule has 0 aromatic heterocycles. The molecule has 0 fully saturated rings. The summed E-state index contributed by atoms with van der Waals surface area (Å²) in [5.74, 6) is 1.92. The number of carbonyl (C=O) groups is 1. The van der Waals surface area contributed by atoms with Crippen molar-refractivity contribution in [3.8, 4) is 23.3 Å². The lowest BCUT2D eigenvalue weighted by Gasteiger charge is -2.18. The highest BCUT2D eigenvalue weighted by molar-refractivity contribution is 5.90. The third-order valence-electron chi connectivity index (χ3n) is 5.55. The standard InChI is InChI=1S/C29H33NO5/c1-22(2)29(31)35-16-8-6-4-3-5-7-15-32-26-12-10-24(11-13-26)25(21-30)19-23-9-14-27-28(20-23)34-18-17-33-27/h9-14,19-20H,1,3-8,15-18H2,2H3. The Morgan fingerprint density at radius 2 is 1.63 bits per heavy atom. The molecule has 1 aliphatic rings. The van der Waals surface area contributed by atoms with E-state index >= 15 is 0 Å². The van der Waals surface area contributed by atoms with Gasteiger partial charge in [0.15, 0.2) is 11.5 Å². The fourth-order valence-corrected chi connectivity index (χ4v) is 3.62. The van der Waals surface area contributed by atoms with Crippen LogP contribution in [0, 0.1) is 11.3 Å². The Bertz CT molecular complexity index is 1070. The number of unbranched alkanes of at least 4 members (excludes halogenated alkanes) is 5. The second kappa shape index (κ2) is 13.9. The number of hydrogen-bond donors (Lipinski definition) is 0. The maximum atomic E-state index is 11.3. The van der Waals surface area contributed by atoms with Gasteiger partial charge >= 0.3 is 5.97 Å². The highest BCUT2D eigenvalue weighted by Crippen LogP contribution is 2.32. The van der Waals surface area contributed by atoms with E-state index in [1.807, 2.05) is 48.5 Å². The topological polar surface area (TPSA) is 77.8 Å². The Labute approximate surface area is 207 Å². The summed E-state index contributed by atoms with van der Waals surface area (Å²) in [4.78, 5) is 11.3. The lowest BCUT2D eigenvalue weighted by molar-refractivity contribution is -0.139. The molecule has 35 heavy (non-hydrogen) atoms. The molecule has 1 aliphatic heterocycles. The van der Waals surface area contributed by atoms with E-state index in [4.69, 9.17) is 18.9 Å². The Balaban J connectivity index is 1.36. The van der Waals surface area contributed by atoms with E-state index in [2.05, 4.69) is 12.6 Å². The van der Waals surface area contributed by atoms with E-state index < -0.39 is 0 Å². The molecule has 3 rings (SSSR count). The Morgan fingerprint density at radius 3 is 2.31 bits per heavy atom. The molecule has 0 atom stereocenters. The van der Waals surface area contributed by atoms with Gasteiger partial charge in [-0.05, 0) is 73.4 Å². The number of rotatable bonds is 13. The van der Waals surface area contributed by atoms with Crippen molar-refractivity contribution in [2.45, 2.75) is 45.4 Å². The molecule has 1 heterocycles. The zero-order valence-electron chi connectivity index (χ0n) is 20.4. The quantitative estimate of drug-likeness (QED) is 0.110. The van der Waals surface area contributed by atoms with Crippen LogP contribution >= 0.6 is 0 Å². The Kier molecular flexibility index (Phi) is 10.3. The summed E-state index contributed by atoms with van der Waals surface area (Å²) in [5, 5.41) is 9.66. The number of hydrogen-bond acceptors (Lipinski definition) is 6. The maximum Gasteiger partial charge on any atom is 0.333 e. The minimum atomic E-state index is -0.310. The minimum Gasteiger partial charge on any atom is -0.494 e. The average molecular weight is 476 g/mol. The largest absolute Gasteiger partial charge is 0.494 e. The lowest BCUT2D eigenvalue weighted by Crippen LogP contribution is -2.15. The molecule has 0 saturated carbocycles. The van der Waals surface area contributed by atoms with Crippen molar-refractivity contribution in [2.24, 2.45) is 0 Å². The van der Waals surface area contributed by atoms with Crippen molar-refractivity contribution >= 4 is 17.6 Å². The van der Waals surface area contributed by atoms with Crippen molar-refractivity contribution in [3.05, 3.63) is 65.7 Å².